The van der Waals surface area contributed by atoms with Crippen molar-refractivity contribution in [1.82, 2.24) is 20.4 Å². The first kappa shape index (κ1) is 40.1. The van der Waals surface area contributed by atoms with E-state index < -0.39 is 44.6 Å². The monoisotopic (exact) mass is 769 g/mol. The van der Waals surface area contributed by atoms with Crippen LogP contribution in [0, 0.1) is 0 Å². The third-order valence-corrected chi connectivity index (χ3v) is 9.77. The zero-order valence-corrected chi connectivity index (χ0v) is 32.6. The van der Waals surface area contributed by atoms with Crippen LogP contribution in [0.1, 0.15) is 61.0 Å². The van der Waals surface area contributed by atoms with E-state index in [9.17, 15) is 22.8 Å². The Balaban J connectivity index is 1.51. The lowest BCUT2D eigenvalue weighted by atomic mass is 10.1. The molecule has 0 unspecified atom stereocenters. The van der Waals surface area contributed by atoms with E-state index in [0.29, 0.717) is 27.5 Å². The molecule has 0 saturated heterocycles. The quantitative estimate of drug-likeness (QED) is 0.151. The van der Waals surface area contributed by atoms with Crippen LogP contribution in [0.2, 0.25) is 0 Å². The molecule has 15 heteroatoms. The van der Waals surface area contributed by atoms with Gasteiger partial charge >= 0.3 is 18.3 Å². The van der Waals surface area contributed by atoms with Crippen molar-refractivity contribution in [3.05, 3.63) is 96.7 Å². The van der Waals surface area contributed by atoms with Gasteiger partial charge in [-0.3, -0.25) is 0 Å². The van der Waals surface area contributed by atoms with Gasteiger partial charge in [-0.25, -0.2) is 32.8 Å². The topological polar surface area (TPSA) is 180 Å². The first-order valence-corrected chi connectivity index (χ1v) is 18.9. The van der Waals surface area contributed by atoms with Gasteiger partial charge in [-0.15, -0.1) is 0 Å². The molecule has 288 valence electrons. The Morgan fingerprint density at radius 2 is 1.36 bits per heavy atom. The molecule has 0 bridgehead atoms. The standard InChI is InChI=1S/C40H43N5O9S/c1-25(2)55(49,50)30-20-18-28(19-21-30)32-24-41-35(45(37(47)52-39(3,4)5)38(48)53-40(6,7)8)34(43-32)33-22-31(44-54-33)27-16-14-26(15-17-27)23-42-36(46)51-29-12-10-9-11-13-29/h9-22,24-25H,23H2,1-8H3,(H,42,46). The first-order chi connectivity index (χ1) is 25.8. The highest BCUT2D eigenvalue weighted by Gasteiger charge is 2.37. The van der Waals surface area contributed by atoms with Gasteiger partial charge in [0.1, 0.15) is 22.6 Å². The van der Waals surface area contributed by atoms with Gasteiger partial charge in [0.2, 0.25) is 0 Å². The van der Waals surface area contributed by atoms with Crippen LogP contribution in [0.3, 0.4) is 0 Å². The third kappa shape index (κ3) is 10.3. The second-order valence-corrected chi connectivity index (χ2v) is 17.2. The lowest BCUT2D eigenvalue weighted by Crippen LogP contribution is -2.44. The molecule has 2 aromatic heterocycles. The van der Waals surface area contributed by atoms with Crippen molar-refractivity contribution in [2.45, 2.75) is 83.3 Å². The fourth-order valence-electron chi connectivity index (χ4n) is 4.92. The molecular formula is C40H43N5O9S. The number of nitrogens with one attached hydrogen (secondary N) is 1. The van der Waals surface area contributed by atoms with Gasteiger partial charge in [0.05, 0.1) is 22.0 Å². The van der Waals surface area contributed by atoms with Gasteiger partial charge in [-0.1, -0.05) is 59.8 Å². The van der Waals surface area contributed by atoms with Crippen LogP contribution in [0.25, 0.3) is 34.0 Å². The zero-order valence-electron chi connectivity index (χ0n) is 31.8. The summed E-state index contributed by atoms with van der Waals surface area (Å²) < 4.78 is 47.7. The summed E-state index contributed by atoms with van der Waals surface area (Å²) in [5.74, 6) is 0.216. The SMILES string of the molecule is CC(C)S(=O)(=O)c1ccc(-c2cnc(N(C(=O)OC(C)(C)C)C(=O)OC(C)(C)C)c(-c3cc(-c4ccc(CNC(=O)Oc5ccccc5)cc4)no3)n2)cc1. The number of anilines is 1. The second kappa shape index (κ2) is 16.1. The van der Waals surface area contributed by atoms with Crippen LogP contribution in [0.5, 0.6) is 5.75 Å². The van der Waals surface area contributed by atoms with E-state index in [4.69, 9.17) is 23.7 Å². The van der Waals surface area contributed by atoms with Crippen molar-refractivity contribution in [1.29, 1.82) is 0 Å². The number of rotatable bonds is 9. The minimum Gasteiger partial charge on any atom is -0.443 e. The van der Waals surface area contributed by atoms with Crippen LogP contribution >= 0.6 is 0 Å². The number of para-hydroxylation sites is 1. The van der Waals surface area contributed by atoms with Crippen molar-refractivity contribution in [3.8, 4) is 39.7 Å². The van der Waals surface area contributed by atoms with Crippen LogP contribution in [0.4, 0.5) is 20.2 Å². The van der Waals surface area contributed by atoms with E-state index in [2.05, 4.69) is 15.5 Å². The van der Waals surface area contributed by atoms with Crippen molar-refractivity contribution in [2.24, 2.45) is 0 Å². The smallest absolute Gasteiger partial charge is 0.425 e. The summed E-state index contributed by atoms with van der Waals surface area (Å²) >= 11 is 0. The van der Waals surface area contributed by atoms with Crippen LogP contribution in [-0.4, -0.2) is 58.3 Å². The second-order valence-electron chi connectivity index (χ2n) is 14.7. The van der Waals surface area contributed by atoms with E-state index in [1.54, 1.807) is 122 Å². The number of aromatic nitrogens is 3. The molecule has 2 heterocycles. The molecule has 0 fully saturated rings. The number of carbonyl (C=O) groups is 3. The Morgan fingerprint density at radius 1 is 0.800 bits per heavy atom. The van der Waals surface area contributed by atoms with Crippen molar-refractivity contribution < 1.29 is 41.5 Å². The molecule has 0 aliphatic rings. The summed E-state index contributed by atoms with van der Waals surface area (Å²) in [6.45, 7) is 13.3. The fraction of sp³-hybridized carbons (Fsp3) is 0.300. The highest BCUT2D eigenvalue weighted by atomic mass is 32.2. The third-order valence-electron chi connectivity index (χ3n) is 7.60. The molecular weight excluding hydrogens is 727 g/mol. The summed E-state index contributed by atoms with van der Waals surface area (Å²) in [6.07, 6.45) is -1.39. The number of nitrogens with zero attached hydrogens (tertiary/aromatic N) is 4. The Labute approximate surface area is 319 Å². The summed E-state index contributed by atoms with van der Waals surface area (Å²) in [5.41, 5.74) is 0.565. The van der Waals surface area contributed by atoms with Gasteiger partial charge < -0.3 is 24.1 Å². The van der Waals surface area contributed by atoms with Gasteiger partial charge in [0.15, 0.2) is 27.1 Å². The van der Waals surface area contributed by atoms with E-state index >= 15 is 0 Å². The Kier molecular flexibility index (Phi) is 11.7. The van der Waals surface area contributed by atoms with Crippen LogP contribution in [0.15, 0.2) is 101 Å². The Hall–Kier alpha value is -6.09. The number of ether oxygens (including phenoxy) is 3. The number of amides is 3. The predicted octanol–water partition coefficient (Wildman–Crippen LogP) is 8.61. The highest BCUT2D eigenvalue weighted by Crippen LogP contribution is 2.35. The average molecular weight is 770 g/mol. The molecule has 3 amide bonds. The molecule has 0 spiro atoms. The summed E-state index contributed by atoms with van der Waals surface area (Å²) in [7, 11) is -3.53. The number of benzene rings is 3. The molecule has 55 heavy (non-hydrogen) atoms. The number of hydrogen-bond donors (Lipinski definition) is 1. The molecule has 14 nitrogen and oxygen atoms in total. The van der Waals surface area contributed by atoms with Crippen molar-refractivity contribution in [3.63, 3.8) is 0 Å². The predicted molar refractivity (Wildman–Crippen MR) is 205 cm³/mol. The minimum atomic E-state index is -3.53. The maximum Gasteiger partial charge on any atom is 0.425 e. The van der Waals surface area contributed by atoms with Crippen LogP contribution < -0.4 is 15.0 Å². The van der Waals surface area contributed by atoms with Gasteiger partial charge in [0, 0.05) is 23.7 Å². The van der Waals surface area contributed by atoms with Crippen LogP contribution in [-0.2, 0) is 25.9 Å². The van der Waals surface area contributed by atoms with E-state index in [-0.39, 0.29) is 34.4 Å². The maximum atomic E-state index is 13.7. The summed E-state index contributed by atoms with van der Waals surface area (Å²) in [5, 5.41) is 6.32. The van der Waals surface area contributed by atoms with Gasteiger partial charge in [-0.05, 0) is 85.2 Å². The fourth-order valence-corrected chi connectivity index (χ4v) is 5.98. The van der Waals surface area contributed by atoms with Crippen molar-refractivity contribution >= 4 is 33.9 Å². The van der Waals surface area contributed by atoms with Gasteiger partial charge in [0.25, 0.3) is 0 Å². The Morgan fingerprint density at radius 3 is 1.93 bits per heavy atom. The molecule has 3 aromatic carbocycles. The summed E-state index contributed by atoms with van der Waals surface area (Å²) in [6, 6.07) is 23.6. The number of imide groups is 1. The maximum absolute atomic E-state index is 13.7. The molecule has 0 aliphatic heterocycles. The Bertz CT molecular complexity index is 2230. The lowest BCUT2D eigenvalue weighted by Gasteiger charge is -2.28. The molecule has 0 atom stereocenters. The van der Waals surface area contributed by atoms with E-state index in [1.807, 2.05) is 6.07 Å². The molecule has 0 radical (unpaired) electrons. The highest BCUT2D eigenvalue weighted by molar-refractivity contribution is 7.92. The molecule has 0 saturated carbocycles. The largest absolute Gasteiger partial charge is 0.443 e. The number of carbonyl (C=O) groups excluding carboxylic acids is 3. The van der Waals surface area contributed by atoms with Crippen molar-refractivity contribution in [2.75, 3.05) is 4.90 Å². The number of hydrogen-bond acceptors (Lipinski definition) is 12. The minimum absolute atomic E-state index is 0.0462. The molecule has 5 aromatic rings. The van der Waals surface area contributed by atoms with E-state index in [0.717, 1.165) is 5.56 Å². The summed E-state index contributed by atoms with van der Waals surface area (Å²) in [4.78, 5) is 49.6. The van der Waals surface area contributed by atoms with E-state index in [1.165, 1.54) is 18.3 Å². The lowest BCUT2D eigenvalue weighted by molar-refractivity contribution is 0.0428. The zero-order chi connectivity index (χ0) is 40.1. The van der Waals surface area contributed by atoms with Gasteiger partial charge in [-0.2, -0.15) is 4.90 Å². The molecule has 0 aliphatic carbocycles. The first-order valence-electron chi connectivity index (χ1n) is 17.4. The average Bonchev–Trinajstić information content (AvgIpc) is 3.60. The number of sulfone groups is 1. The molecule has 1 N–H and O–H groups in total. The normalized spacial score (nSPS) is 11.9. The molecule has 5 rings (SSSR count).